The summed E-state index contributed by atoms with van der Waals surface area (Å²) in [5, 5.41) is 11.7. The molecular weight excluding hydrogens is 734 g/mol. The van der Waals surface area contributed by atoms with E-state index in [1.807, 2.05) is 71.9 Å². The number of fused-ring (bicyclic) bond motifs is 1. The van der Waals surface area contributed by atoms with E-state index in [0.29, 0.717) is 77.0 Å². The van der Waals surface area contributed by atoms with E-state index in [1.165, 1.54) is 4.90 Å². The molecule has 16 heteroatoms. The number of amides is 4. The van der Waals surface area contributed by atoms with Crippen LogP contribution in [0.4, 0.5) is 26.0 Å². The Balaban J connectivity index is 1.07. The zero-order chi connectivity index (χ0) is 41.0. The molecule has 4 N–H and O–H groups in total. The molecule has 1 aromatic heterocycles. The van der Waals surface area contributed by atoms with Crippen LogP contribution in [-0.4, -0.2) is 110 Å². The lowest BCUT2D eigenvalue weighted by Crippen LogP contribution is -2.43. The van der Waals surface area contributed by atoms with E-state index in [4.69, 9.17) is 23.7 Å². The van der Waals surface area contributed by atoms with Crippen molar-refractivity contribution in [3.63, 3.8) is 0 Å². The summed E-state index contributed by atoms with van der Waals surface area (Å²) >= 11 is 0. The molecule has 1 saturated heterocycles. The monoisotopic (exact) mass is 789 g/mol. The number of anilines is 2. The van der Waals surface area contributed by atoms with Crippen LogP contribution < -0.4 is 35.6 Å². The van der Waals surface area contributed by atoms with Gasteiger partial charge in [-0.2, -0.15) is 0 Å². The number of alkyl carbamates (subject to hydrolysis) is 2. The lowest BCUT2D eigenvalue weighted by molar-refractivity contribution is -0.118. The summed E-state index contributed by atoms with van der Waals surface area (Å²) < 4.78 is 27.8. The van der Waals surface area contributed by atoms with E-state index < -0.39 is 29.5 Å². The van der Waals surface area contributed by atoms with Crippen LogP contribution in [-0.2, 0) is 25.5 Å². The van der Waals surface area contributed by atoms with Crippen molar-refractivity contribution in [2.75, 3.05) is 69.2 Å². The second-order valence-electron chi connectivity index (χ2n) is 15.7. The van der Waals surface area contributed by atoms with Crippen LogP contribution in [0, 0.1) is 0 Å². The molecule has 0 spiro atoms. The lowest BCUT2D eigenvalue weighted by Gasteiger charge is -2.24. The molecule has 1 fully saturated rings. The number of carbonyl (C=O) groups is 4. The van der Waals surface area contributed by atoms with Gasteiger partial charge in [-0.1, -0.05) is 30.3 Å². The quantitative estimate of drug-likeness (QED) is 0.102. The first-order valence-electron chi connectivity index (χ1n) is 19.2. The molecule has 0 aliphatic carbocycles. The Morgan fingerprint density at radius 1 is 0.877 bits per heavy atom. The average molecular weight is 790 g/mol. The predicted molar refractivity (Wildman–Crippen MR) is 215 cm³/mol. The number of rotatable bonds is 17. The standard InChI is InChI=1S/C41H55N7O9/c1-40(2,3)56-37(50)43-17-19-47(20-18-44-38(51)57-41(4,5)6)21-22-53-31-12-8-11-30(24-31)29-10-7-9-28(23-29)25-42-16-15-32-26-48(39(52)55-32)34-14-13-33-36(45-34)46-35(49)27-54-33/h7-14,23-24,32,42H,15-22,25-27H2,1-6H3,(H,43,50)(H,44,51)(H,45,46,49)/t32-/m0/s1. The predicted octanol–water partition coefficient (Wildman–Crippen LogP) is 5.31. The number of hydrogen-bond acceptors (Lipinski definition) is 12. The fourth-order valence-corrected chi connectivity index (χ4v) is 5.97. The molecule has 0 unspecified atom stereocenters. The first kappa shape index (κ1) is 42.5. The van der Waals surface area contributed by atoms with Gasteiger partial charge in [0, 0.05) is 39.3 Å². The molecule has 2 aliphatic rings. The van der Waals surface area contributed by atoms with Crippen LogP contribution in [0.3, 0.4) is 0 Å². The summed E-state index contributed by atoms with van der Waals surface area (Å²) in [5.74, 6) is 1.56. The van der Waals surface area contributed by atoms with E-state index in [2.05, 4.69) is 49.4 Å². The minimum Gasteiger partial charge on any atom is -0.492 e. The van der Waals surface area contributed by atoms with Crippen molar-refractivity contribution < 1.29 is 42.9 Å². The highest BCUT2D eigenvalue weighted by atomic mass is 16.6. The maximum absolute atomic E-state index is 12.6. The third kappa shape index (κ3) is 14.1. The Bertz CT molecular complexity index is 1830. The van der Waals surface area contributed by atoms with Crippen LogP contribution in [0.1, 0.15) is 53.5 Å². The number of nitrogens with zero attached hydrogens (tertiary/aromatic N) is 3. The van der Waals surface area contributed by atoms with Crippen LogP contribution in [0.2, 0.25) is 0 Å². The van der Waals surface area contributed by atoms with E-state index in [0.717, 1.165) is 22.4 Å². The summed E-state index contributed by atoms with van der Waals surface area (Å²) in [6, 6.07) is 19.5. The number of pyridine rings is 1. The number of nitrogens with one attached hydrogen (secondary N) is 4. The van der Waals surface area contributed by atoms with Gasteiger partial charge in [-0.3, -0.25) is 14.6 Å². The Labute approximate surface area is 333 Å². The highest BCUT2D eigenvalue weighted by Crippen LogP contribution is 2.30. The first-order valence-corrected chi connectivity index (χ1v) is 19.2. The maximum atomic E-state index is 12.6. The van der Waals surface area contributed by atoms with E-state index in [-0.39, 0.29) is 24.4 Å². The summed E-state index contributed by atoms with van der Waals surface area (Å²) in [6.07, 6.45) is -1.14. The van der Waals surface area contributed by atoms with Crippen molar-refractivity contribution >= 4 is 35.8 Å². The van der Waals surface area contributed by atoms with Gasteiger partial charge in [-0.15, -0.1) is 0 Å². The van der Waals surface area contributed by atoms with Crippen molar-refractivity contribution in [1.82, 2.24) is 25.8 Å². The molecule has 2 aliphatic heterocycles. The van der Waals surface area contributed by atoms with Gasteiger partial charge >= 0.3 is 18.3 Å². The molecule has 0 bridgehead atoms. The molecule has 2 aromatic carbocycles. The minimum absolute atomic E-state index is 0.0666. The topological polar surface area (TPSA) is 182 Å². The van der Waals surface area contributed by atoms with Gasteiger partial charge in [0.1, 0.15) is 35.5 Å². The minimum atomic E-state index is -0.594. The van der Waals surface area contributed by atoms with Crippen LogP contribution >= 0.6 is 0 Å². The van der Waals surface area contributed by atoms with E-state index >= 15 is 0 Å². The number of cyclic esters (lactones) is 1. The number of benzene rings is 2. The van der Waals surface area contributed by atoms with Crippen molar-refractivity contribution in [2.45, 2.75) is 71.8 Å². The van der Waals surface area contributed by atoms with Crippen LogP contribution in [0.25, 0.3) is 11.1 Å². The molecular formula is C41H55N7O9. The molecule has 5 rings (SSSR count). The van der Waals surface area contributed by atoms with E-state index in [9.17, 15) is 19.2 Å². The lowest BCUT2D eigenvalue weighted by atomic mass is 10.0. The molecule has 3 aromatic rings. The van der Waals surface area contributed by atoms with Gasteiger partial charge in [0.05, 0.1) is 6.54 Å². The second kappa shape index (κ2) is 19.5. The third-order valence-electron chi connectivity index (χ3n) is 8.55. The summed E-state index contributed by atoms with van der Waals surface area (Å²) in [6.45, 7) is 15.1. The highest BCUT2D eigenvalue weighted by Gasteiger charge is 2.33. The molecule has 0 radical (unpaired) electrons. The van der Waals surface area contributed by atoms with Crippen molar-refractivity contribution in [3.05, 3.63) is 66.2 Å². The van der Waals surface area contributed by atoms with Gasteiger partial charge in [-0.05, 0) is 102 Å². The zero-order valence-corrected chi connectivity index (χ0v) is 33.6. The van der Waals surface area contributed by atoms with E-state index in [1.54, 1.807) is 12.1 Å². The molecule has 3 heterocycles. The average Bonchev–Trinajstić information content (AvgIpc) is 3.51. The summed E-state index contributed by atoms with van der Waals surface area (Å²) in [4.78, 5) is 56.6. The molecule has 57 heavy (non-hydrogen) atoms. The number of carbonyl (C=O) groups excluding carboxylic acids is 4. The fraction of sp³-hybridized carbons (Fsp3) is 0.488. The largest absolute Gasteiger partial charge is 0.492 e. The smallest absolute Gasteiger partial charge is 0.415 e. The van der Waals surface area contributed by atoms with Gasteiger partial charge < -0.3 is 45.0 Å². The van der Waals surface area contributed by atoms with Gasteiger partial charge in [-0.25, -0.2) is 19.4 Å². The maximum Gasteiger partial charge on any atom is 0.415 e. The van der Waals surface area contributed by atoms with Crippen molar-refractivity contribution in [3.8, 4) is 22.6 Å². The number of ether oxygens (including phenoxy) is 5. The zero-order valence-electron chi connectivity index (χ0n) is 33.6. The normalized spacial score (nSPS) is 15.3. The third-order valence-corrected chi connectivity index (χ3v) is 8.55. The Kier molecular flexibility index (Phi) is 14.6. The Hall–Kier alpha value is -5.61. The first-order chi connectivity index (χ1) is 27.1. The summed E-state index contributed by atoms with van der Waals surface area (Å²) in [5.41, 5.74) is 1.96. The van der Waals surface area contributed by atoms with Crippen LogP contribution in [0.15, 0.2) is 60.7 Å². The highest BCUT2D eigenvalue weighted by molar-refractivity contribution is 5.95. The molecule has 4 amide bonds. The SMILES string of the molecule is CC(C)(C)OC(=O)NCCN(CCNC(=O)OC(C)(C)C)CCOc1cccc(-c2cccc(CNCC[C@H]3CN(c4ccc5c(n4)NC(=O)CO5)C(=O)O3)c2)c1. The molecule has 1 atom stereocenters. The van der Waals surface area contributed by atoms with Gasteiger partial charge in [0.25, 0.3) is 5.91 Å². The second-order valence-corrected chi connectivity index (χ2v) is 15.7. The molecule has 308 valence electrons. The van der Waals surface area contributed by atoms with Gasteiger partial charge in [0.2, 0.25) is 0 Å². The fourth-order valence-electron chi connectivity index (χ4n) is 5.97. The molecule has 0 saturated carbocycles. The van der Waals surface area contributed by atoms with Crippen molar-refractivity contribution in [2.24, 2.45) is 0 Å². The molecule has 16 nitrogen and oxygen atoms in total. The number of hydrogen-bond donors (Lipinski definition) is 4. The number of aromatic nitrogens is 1. The summed E-state index contributed by atoms with van der Waals surface area (Å²) in [7, 11) is 0. The van der Waals surface area contributed by atoms with Crippen LogP contribution in [0.5, 0.6) is 11.5 Å². The van der Waals surface area contributed by atoms with Gasteiger partial charge in [0.15, 0.2) is 18.2 Å². The Morgan fingerprint density at radius 3 is 2.23 bits per heavy atom. The Morgan fingerprint density at radius 2 is 1.54 bits per heavy atom. The van der Waals surface area contributed by atoms with Crippen molar-refractivity contribution in [1.29, 1.82) is 0 Å².